The van der Waals surface area contributed by atoms with Gasteiger partial charge in [-0.25, -0.2) is 0 Å². The Bertz CT molecular complexity index is 450. The quantitative estimate of drug-likeness (QED) is 0.808. The van der Waals surface area contributed by atoms with Crippen LogP contribution in [-0.4, -0.2) is 29.8 Å². The molecule has 0 aliphatic rings. The van der Waals surface area contributed by atoms with Crippen LogP contribution in [0.5, 0.6) is 0 Å². The molecule has 0 aliphatic heterocycles. The minimum atomic E-state index is 0.249. The zero-order valence-corrected chi connectivity index (χ0v) is 9.61. The SMILES string of the molecule is CCN(CCCO)c1c[nH]c2ccccc12. The van der Waals surface area contributed by atoms with Gasteiger partial charge < -0.3 is 15.0 Å². The van der Waals surface area contributed by atoms with Gasteiger partial charge in [0.25, 0.3) is 0 Å². The van der Waals surface area contributed by atoms with Crippen molar-refractivity contribution in [2.45, 2.75) is 13.3 Å². The lowest BCUT2D eigenvalue weighted by atomic mass is 10.2. The van der Waals surface area contributed by atoms with E-state index >= 15 is 0 Å². The Labute approximate surface area is 95.7 Å². The van der Waals surface area contributed by atoms with Crippen LogP contribution >= 0.6 is 0 Å². The van der Waals surface area contributed by atoms with E-state index in [0.717, 1.165) is 19.5 Å². The Balaban J connectivity index is 2.30. The highest BCUT2D eigenvalue weighted by atomic mass is 16.3. The van der Waals surface area contributed by atoms with Crippen LogP contribution in [0.15, 0.2) is 30.5 Å². The van der Waals surface area contributed by atoms with Crippen LogP contribution in [0.2, 0.25) is 0 Å². The molecule has 0 unspecified atom stereocenters. The number of benzene rings is 1. The summed E-state index contributed by atoms with van der Waals surface area (Å²) in [5.41, 5.74) is 2.39. The summed E-state index contributed by atoms with van der Waals surface area (Å²) in [5, 5.41) is 10.1. The molecule has 2 rings (SSSR count). The molecule has 0 saturated heterocycles. The Kier molecular flexibility index (Phi) is 3.47. The van der Waals surface area contributed by atoms with Gasteiger partial charge in [-0.1, -0.05) is 18.2 Å². The van der Waals surface area contributed by atoms with Gasteiger partial charge in [-0.05, 0) is 19.4 Å². The number of aromatic nitrogens is 1. The van der Waals surface area contributed by atoms with Crippen LogP contribution in [0, 0.1) is 0 Å². The summed E-state index contributed by atoms with van der Waals surface area (Å²) in [6, 6.07) is 8.30. The monoisotopic (exact) mass is 218 g/mol. The van der Waals surface area contributed by atoms with Crippen molar-refractivity contribution in [1.82, 2.24) is 4.98 Å². The molecule has 1 aromatic heterocycles. The van der Waals surface area contributed by atoms with Crippen molar-refractivity contribution in [3.63, 3.8) is 0 Å². The largest absolute Gasteiger partial charge is 0.396 e. The van der Waals surface area contributed by atoms with E-state index in [1.165, 1.54) is 16.6 Å². The number of nitrogens with one attached hydrogen (secondary N) is 1. The number of nitrogens with zero attached hydrogens (tertiary/aromatic N) is 1. The Morgan fingerprint density at radius 3 is 2.88 bits per heavy atom. The van der Waals surface area contributed by atoms with Crippen molar-refractivity contribution in [2.24, 2.45) is 0 Å². The average molecular weight is 218 g/mol. The summed E-state index contributed by atoms with van der Waals surface area (Å²) in [4.78, 5) is 5.56. The number of fused-ring (bicyclic) bond motifs is 1. The Hall–Kier alpha value is -1.48. The van der Waals surface area contributed by atoms with Crippen LogP contribution in [-0.2, 0) is 0 Å². The molecule has 0 spiro atoms. The number of anilines is 1. The van der Waals surface area contributed by atoms with Gasteiger partial charge in [0.05, 0.1) is 5.69 Å². The minimum absolute atomic E-state index is 0.249. The second kappa shape index (κ2) is 5.03. The molecule has 0 bridgehead atoms. The number of aliphatic hydroxyl groups is 1. The van der Waals surface area contributed by atoms with E-state index in [0.29, 0.717) is 0 Å². The summed E-state index contributed by atoms with van der Waals surface area (Å²) >= 11 is 0. The first-order valence-corrected chi connectivity index (χ1v) is 5.78. The first kappa shape index (κ1) is 11.0. The molecule has 3 heteroatoms. The maximum Gasteiger partial charge on any atom is 0.0623 e. The summed E-state index contributed by atoms with van der Waals surface area (Å²) < 4.78 is 0. The fourth-order valence-electron chi connectivity index (χ4n) is 2.03. The topological polar surface area (TPSA) is 39.3 Å². The molecule has 0 saturated carbocycles. The lowest BCUT2D eigenvalue weighted by Crippen LogP contribution is -2.24. The van der Waals surface area contributed by atoms with Crippen molar-refractivity contribution in [3.8, 4) is 0 Å². The van der Waals surface area contributed by atoms with Crippen molar-refractivity contribution >= 4 is 16.6 Å². The van der Waals surface area contributed by atoms with Gasteiger partial charge >= 0.3 is 0 Å². The summed E-state index contributed by atoms with van der Waals surface area (Å²) in [5.74, 6) is 0. The molecule has 0 atom stereocenters. The summed E-state index contributed by atoms with van der Waals surface area (Å²) in [6.45, 7) is 4.24. The molecule has 86 valence electrons. The highest BCUT2D eigenvalue weighted by molar-refractivity contribution is 5.92. The van der Waals surface area contributed by atoms with E-state index in [-0.39, 0.29) is 6.61 Å². The molecule has 2 aromatic rings. The van der Waals surface area contributed by atoms with Gasteiger partial charge in [-0.3, -0.25) is 0 Å². The van der Waals surface area contributed by atoms with E-state index < -0.39 is 0 Å². The fourth-order valence-corrected chi connectivity index (χ4v) is 2.03. The molecule has 1 aromatic carbocycles. The molecule has 0 radical (unpaired) electrons. The highest BCUT2D eigenvalue weighted by Gasteiger charge is 2.09. The van der Waals surface area contributed by atoms with E-state index in [2.05, 4.69) is 35.0 Å². The number of hydrogen-bond acceptors (Lipinski definition) is 2. The number of hydrogen-bond donors (Lipinski definition) is 2. The summed E-state index contributed by atoms with van der Waals surface area (Å²) in [7, 11) is 0. The smallest absolute Gasteiger partial charge is 0.0623 e. The molecule has 0 fully saturated rings. The molecule has 1 heterocycles. The molecule has 2 N–H and O–H groups in total. The van der Waals surface area contributed by atoms with Crippen molar-refractivity contribution in [1.29, 1.82) is 0 Å². The number of aliphatic hydroxyl groups excluding tert-OH is 1. The molecular weight excluding hydrogens is 200 g/mol. The number of H-pyrrole nitrogens is 1. The van der Waals surface area contributed by atoms with Gasteiger partial charge in [0, 0.05) is 36.8 Å². The van der Waals surface area contributed by atoms with E-state index in [4.69, 9.17) is 5.11 Å². The average Bonchev–Trinajstić information content (AvgIpc) is 2.75. The van der Waals surface area contributed by atoms with Gasteiger partial charge in [-0.15, -0.1) is 0 Å². The van der Waals surface area contributed by atoms with E-state index in [1.807, 2.05) is 12.3 Å². The maximum absolute atomic E-state index is 8.89. The van der Waals surface area contributed by atoms with Gasteiger partial charge in [0.1, 0.15) is 0 Å². The zero-order valence-electron chi connectivity index (χ0n) is 9.61. The third-order valence-corrected chi connectivity index (χ3v) is 2.88. The predicted molar refractivity (Wildman–Crippen MR) is 67.9 cm³/mol. The van der Waals surface area contributed by atoms with Crippen LogP contribution in [0.25, 0.3) is 10.9 Å². The number of para-hydroxylation sites is 1. The van der Waals surface area contributed by atoms with Gasteiger partial charge in [0.15, 0.2) is 0 Å². The standard InChI is InChI=1S/C13H18N2O/c1-2-15(8-5-9-16)13-10-14-12-7-4-3-6-11(12)13/h3-4,6-7,10,14,16H,2,5,8-9H2,1H3. The second-order valence-electron chi connectivity index (χ2n) is 3.88. The normalized spacial score (nSPS) is 10.9. The maximum atomic E-state index is 8.89. The van der Waals surface area contributed by atoms with Crippen molar-refractivity contribution in [3.05, 3.63) is 30.5 Å². The van der Waals surface area contributed by atoms with Crippen LogP contribution < -0.4 is 4.90 Å². The molecule has 0 aliphatic carbocycles. The first-order valence-electron chi connectivity index (χ1n) is 5.78. The minimum Gasteiger partial charge on any atom is -0.396 e. The third kappa shape index (κ3) is 2.04. The summed E-state index contributed by atoms with van der Waals surface area (Å²) in [6.07, 6.45) is 2.86. The Morgan fingerprint density at radius 2 is 2.12 bits per heavy atom. The van der Waals surface area contributed by atoms with Crippen molar-refractivity contribution < 1.29 is 5.11 Å². The van der Waals surface area contributed by atoms with E-state index in [9.17, 15) is 0 Å². The number of aromatic amines is 1. The second-order valence-corrected chi connectivity index (χ2v) is 3.88. The lowest BCUT2D eigenvalue weighted by Gasteiger charge is -2.21. The fraction of sp³-hybridized carbons (Fsp3) is 0.385. The van der Waals surface area contributed by atoms with Crippen LogP contribution in [0.4, 0.5) is 5.69 Å². The lowest BCUT2D eigenvalue weighted by molar-refractivity contribution is 0.289. The third-order valence-electron chi connectivity index (χ3n) is 2.88. The Morgan fingerprint density at radius 1 is 1.31 bits per heavy atom. The van der Waals surface area contributed by atoms with Crippen LogP contribution in [0.1, 0.15) is 13.3 Å². The first-order chi connectivity index (χ1) is 7.86. The number of rotatable bonds is 5. The predicted octanol–water partition coefficient (Wildman–Crippen LogP) is 2.38. The molecule has 16 heavy (non-hydrogen) atoms. The molecule has 3 nitrogen and oxygen atoms in total. The molecule has 0 amide bonds. The van der Waals surface area contributed by atoms with Gasteiger partial charge in [-0.2, -0.15) is 0 Å². The zero-order chi connectivity index (χ0) is 11.4. The highest BCUT2D eigenvalue weighted by Crippen LogP contribution is 2.26. The molecular formula is C13H18N2O. The van der Waals surface area contributed by atoms with Gasteiger partial charge in [0.2, 0.25) is 0 Å². The van der Waals surface area contributed by atoms with Crippen LogP contribution in [0.3, 0.4) is 0 Å². The van der Waals surface area contributed by atoms with E-state index in [1.54, 1.807) is 0 Å². The van der Waals surface area contributed by atoms with Crippen molar-refractivity contribution in [2.75, 3.05) is 24.6 Å².